The van der Waals surface area contributed by atoms with Gasteiger partial charge in [0.05, 0.1) is 23.6 Å². The maximum absolute atomic E-state index is 13.9. The molecule has 172 valence electrons. The molecule has 0 radical (unpaired) electrons. The van der Waals surface area contributed by atoms with Crippen molar-refractivity contribution in [2.75, 3.05) is 11.7 Å². The van der Waals surface area contributed by atoms with E-state index in [1.165, 1.54) is 0 Å². The van der Waals surface area contributed by atoms with Crippen molar-refractivity contribution < 1.29 is 33.4 Å². The van der Waals surface area contributed by atoms with Crippen LogP contribution in [0.5, 0.6) is 11.5 Å². The highest BCUT2D eigenvalue weighted by Crippen LogP contribution is 2.58. The summed E-state index contributed by atoms with van der Waals surface area (Å²) >= 11 is 0. The number of rotatable bonds is 2. The van der Waals surface area contributed by atoms with E-state index in [1.54, 1.807) is 66.7 Å². The van der Waals surface area contributed by atoms with Gasteiger partial charge < -0.3 is 14.2 Å². The topological polar surface area (TPSA) is 99.2 Å². The molecule has 2 fully saturated rings. The van der Waals surface area contributed by atoms with Gasteiger partial charge in [-0.15, -0.1) is 0 Å². The molecular formula is C27H17NO7. The Bertz CT molecular complexity index is 1430. The van der Waals surface area contributed by atoms with Gasteiger partial charge in [0.1, 0.15) is 0 Å². The van der Waals surface area contributed by atoms with Crippen LogP contribution in [0.3, 0.4) is 0 Å². The lowest BCUT2D eigenvalue weighted by Crippen LogP contribution is -2.51. The molecule has 3 atom stereocenters. The van der Waals surface area contributed by atoms with Gasteiger partial charge in [-0.25, -0.2) is 4.90 Å². The summed E-state index contributed by atoms with van der Waals surface area (Å²) in [6, 6.07) is 20.1. The summed E-state index contributed by atoms with van der Waals surface area (Å²) in [5.41, 5.74) is -0.786. The fourth-order valence-electron chi connectivity index (χ4n) is 5.74. The molecule has 2 amide bonds. The SMILES string of the molecule is O=C1[C@H]2[C@@H](C(=O)N1c1ccc3c(c1)OCO3)C1(O[C@H]2c2ccccc2)C(=O)c2ccccc2C1=O. The predicted molar refractivity (Wildman–Crippen MR) is 120 cm³/mol. The van der Waals surface area contributed by atoms with E-state index in [1.807, 2.05) is 6.07 Å². The van der Waals surface area contributed by atoms with Crippen LogP contribution in [0.4, 0.5) is 5.69 Å². The monoisotopic (exact) mass is 467 g/mol. The average molecular weight is 467 g/mol. The van der Waals surface area contributed by atoms with E-state index in [2.05, 4.69) is 0 Å². The largest absolute Gasteiger partial charge is 0.454 e. The average Bonchev–Trinajstić information content (AvgIpc) is 3.61. The maximum atomic E-state index is 13.9. The number of hydrogen-bond donors (Lipinski definition) is 0. The van der Waals surface area contributed by atoms with Crippen LogP contribution in [0.1, 0.15) is 32.4 Å². The minimum absolute atomic E-state index is 0.0419. The number of carbonyl (C=O) groups excluding carboxylic acids is 4. The van der Waals surface area contributed by atoms with Crippen molar-refractivity contribution in [3.8, 4) is 11.5 Å². The third-order valence-corrected chi connectivity index (χ3v) is 7.26. The van der Waals surface area contributed by atoms with Gasteiger partial charge in [-0.2, -0.15) is 0 Å². The van der Waals surface area contributed by atoms with Gasteiger partial charge in [-0.1, -0.05) is 54.6 Å². The number of hydrogen-bond acceptors (Lipinski definition) is 7. The highest BCUT2D eigenvalue weighted by Gasteiger charge is 2.74. The number of Topliss-reactive ketones (excluding diaryl/α,β-unsaturated/α-hetero) is 2. The fraction of sp³-hybridized carbons (Fsp3) is 0.185. The van der Waals surface area contributed by atoms with Crippen molar-refractivity contribution in [2.24, 2.45) is 11.8 Å². The van der Waals surface area contributed by atoms with Crippen LogP contribution in [0.15, 0.2) is 72.8 Å². The van der Waals surface area contributed by atoms with E-state index in [4.69, 9.17) is 14.2 Å². The van der Waals surface area contributed by atoms with Crippen molar-refractivity contribution in [1.29, 1.82) is 0 Å². The molecular weight excluding hydrogens is 450 g/mol. The molecule has 3 aliphatic heterocycles. The zero-order valence-corrected chi connectivity index (χ0v) is 18.2. The number of anilines is 1. The first kappa shape index (κ1) is 20.1. The zero-order chi connectivity index (χ0) is 23.9. The van der Waals surface area contributed by atoms with E-state index in [-0.39, 0.29) is 23.6 Å². The summed E-state index contributed by atoms with van der Waals surface area (Å²) in [6.07, 6.45) is -0.945. The minimum Gasteiger partial charge on any atom is -0.454 e. The van der Waals surface area contributed by atoms with Crippen molar-refractivity contribution in [3.63, 3.8) is 0 Å². The highest BCUT2D eigenvalue weighted by molar-refractivity contribution is 6.37. The van der Waals surface area contributed by atoms with Gasteiger partial charge in [-0.05, 0) is 17.7 Å². The molecule has 0 unspecified atom stereocenters. The molecule has 0 N–H and O–H groups in total. The van der Waals surface area contributed by atoms with Crippen LogP contribution in [-0.2, 0) is 14.3 Å². The van der Waals surface area contributed by atoms with Gasteiger partial charge in [0, 0.05) is 17.2 Å². The molecule has 2 saturated heterocycles. The van der Waals surface area contributed by atoms with E-state index in [0.717, 1.165) is 4.90 Å². The quantitative estimate of drug-likeness (QED) is 0.422. The van der Waals surface area contributed by atoms with Crippen LogP contribution in [0.25, 0.3) is 0 Å². The summed E-state index contributed by atoms with van der Waals surface area (Å²) < 4.78 is 17.0. The number of amides is 2. The second kappa shape index (κ2) is 6.86. The van der Waals surface area contributed by atoms with Gasteiger partial charge in [0.25, 0.3) is 0 Å². The maximum Gasteiger partial charge on any atom is 0.241 e. The number of ether oxygens (including phenoxy) is 3. The lowest BCUT2D eigenvalue weighted by Gasteiger charge is -2.27. The Morgan fingerprint density at radius 2 is 1.40 bits per heavy atom. The molecule has 1 spiro atoms. The van der Waals surface area contributed by atoms with Crippen LogP contribution in [0, 0.1) is 11.8 Å². The number of nitrogens with zero attached hydrogens (tertiary/aromatic N) is 1. The predicted octanol–water partition coefficient (Wildman–Crippen LogP) is 3.11. The Balaban J connectivity index is 1.40. The standard InChI is InChI=1S/C27H17NO7/c29-23-16-8-4-5-9-17(16)24(30)27(23)21-20(22(35-27)14-6-2-1-3-7-14)25(31)28(26(21)32)15-10-11-18-19(12-15)34-13-33-18/h1-12,20-22H,13H2/t20-,21-,22-/m0/s1. The highest BCUT2D eigenvalue weighted by atomic mass is 16.7. The van der Waals surface area contributed by atoms with E-state index in [9.17, 15) is 19.2 Å². The number of carbonyl (C=O) groups is 4. The minimum atomic E-state index is -2.09. The molecule has 0 saturated carbocycles. The number of fused-ring (bicyclic) bond motifs is 4. The fourth-order valence-corrected chi connectivity index (χ4v) is 5.74. The second-order valence-electron chi connectivity index (χ2n) is 8.94. The molecule has 8 heteroatoms. The van der Waals surface area contributed by atoms with E-state index < -0.39 is 46.9 Å². The van der Waals surface area contributed by atoms with Gasteiger partial charge >= 0.3 is 0 Å². The molecule has 3 aromatic rings. The van der Waals surface area contributed by atoms with Crippen LogP contribution in [-0.4, -0.2) is 35.8 Å². The Labute approximate surface area is 199 Å². The first-order valence-electron chi connectivity index (χ1n) is 11.2. The van der Waals surface area contributed by atoms with Gasteiger partial charge in [0.15, 0.2) is 11.5 Å². The Hall–Kier alpha value is -4.30. The van der Waals surface area contributed by atoms with Crippen LogP contribution >= 0.6 is 0 Å². The van der Waals surface area contributed by atoms with Gasteiger partial charge in [-0.3, -0.25) is 19.2 Å². The summed E-state index contributed by atoms with van der Waals surface area (Å²) in [7, 11) is 0. The Morgan fingerprint density at radius 3 is 2.11 bits per heavy atom. The summed E-state index contributed by atoms with van der Waals surface area (Å²) in [5, 5.41) is 0. The zero-order valence-electron chi connectivity index (χ0n) is 18.2. The summed E-state index contributed by atoms with van der Waals surface area (Å²) in [4.78, 5) is 56.3. The number of benzene rings is 3. The Kier molecular flexibility index (Phi) is 3.94. The van der Waals surface area contributed by atoms with Crippen molar-refractivity contribution in [2.45, 2.75) is 11.7 Å². The Morgan fingerprint density at radius 1 is 0.743 bits per heavy atom. The molecule has 3 heterocycles. The molecule has 35 heavy (non-hydrogen) atoms. The van der Waals surface area contributed by atoms with Crippen molar-refractivity contribution in [1.82, 2.24) is 0 Å². The number of ketones is 2. The molecule has 1 aliphatic carbocycles. The van der Waals surface area contributed by atoms with Crippen molar-refractivity contribution >= 4 is 29.1 Å². The third kappa shape index (κ3) is 2.44. The summed E-state index contributed by atoms with van der Waals surface area (Å²) in [5.74, 6) is -3.76. The smallest absolute Gasteiger partial charge is 0.241 e. The van der Waals surface area contributed by atoms with E-state index in [0.29, 0.717) is 17.1 Å². The molecule has 4 aliphatic rings. The molecule has 0 bridgehead atoms. The first-order valence-corrected chi connectivity index (χ1v) is 11.2. The first-order chi connectivity index (χ1) is 17.0. The van der Waals surface area contributed by atoms with Crippen LogP contribution in [0.2, 0.25) is 0 Å². The number of imide groups is 1. The van der Waals surface area contributed by atoms with Crippen LogP contribution < -0.4 is 14.4 Å². The summed E-state index contributed by atoms with van der Waals surface area (Å²) in [6.45, 7) is 0.0419. The van der Waals surface area contributed by atoms with E-state index >= 15 is 0 Å². The normalized spacial score (nSPS) is 25.5. The molecule has 3 aromatic carbocycles. The third-order valence-electron chi connectivity index (χ3n) is 7.26. The molecule has 0 aromatic heterocycles. The van der Waals surface area contributed by atoms with Crippen molar-refractivity contribution in [3.05, 3.63) is 89.5 Å². The lowest BCUT2D eigenvalue weighted by atomic mass is 9.77. The second-order valence-corrected chi connectivity index (χ2v) is 8.94. The molecule has 7 rings (SSSR count). The lowest BCUT2D eigenvalue weighted by molar-refractivity contribution is -0.127. The molecule has 8 nitrogen and oxygen atoms in total. The van der Waals surface area contributed by atoms with Gasteiger partial charge in [0.2, 0.25) is 35.8 Å².